The minimum Gasteiger partial charge on any atom is -0.378 e. The van der Waals surface area contributed by atoms with E-state index in [9.17, 15) is 9.59 Å². The second kappa shape index (κ2) is 6.06. The molecule has 1 aromatic heterocycles. The first-order valence-corrected chi connectivity index (χ1v) is 8.67. The molecule has 126 valence electrons. The van der Waals surface area contributed by atoms with E-state index in [2.05, 4.69) is 4.98 Å². The van der Waals surface area contributed by atoms with Crippen molar-refractivity contribution in [3.05, 3.63) is 45.7 Å². The van der Waals surface area contributed by atoms with Gasteiger partial charge in [-0.3, -0.25) is 9.59 Å². The lowest BCUT2D eigenvalue weighted by molar-refractivity contribution is -0.0607. The number of amides is 1. The summed E-state index contributed by atoms with van der Waals surface area (Å²) >= 11 is 0. The summed E-state index contributed by atoms with van der Waals surface area (Å²) in [4.78, 5) is 30.6. The number of aryl methyl sites for hydroxylation is 1. The lowest BCUT2D eigenvalue weighted by Gasteiger charge is -2.40. The van der Waals surface area contributed by atoms with Gasteiger partial charge in [0.2, 0.25) is 5.43 Å². The average Bonchev–Trinajstić information content (AvgIpc) is 2.62. The first-order valence-electron chi connectivity index (χ1n) is 8.67. The maximum absolute atomic E-state index is 12.9. The topological polar surface area (TPSA) is 62.4 Å². The standard InChI is InChI=1S/C19H22N2O3/c1-12-4-2-6-14-17(12)20-10-15(18(14)22)19(23)21-8-7-16-13(11-21)5-3-9-24-16/h2,4,6,10,13,16H,3,5,7-9,11H2,1H3,(H,20,22)/t13-,16+/m1/s1. The van der Waals surface area contributed by atoms with E-state index in [1.54, 1.807) is 12.3 Å². The predicted molar refractivity (Wildman–Crippen MR) is 92.3 cm³/mol. The van der Waals surface area contributed by atoms with Gasteiger partial charge in [0, 0.05) is 37.2 Å². The van der Waals surface area contributed by atoms with Crippen LogP contribution in [0, 0.1) is 12.8 Å². The number of aromatic amines is 1. The molecule has 2 saturated heterocycles. The summed E-state index contributed by atoms with van der Waals surface area (Å²) in [5.74, 6) is 0.238. The molecule has 5 nitrogen and oxygen atoms in total. The highest BCUT2D eigenvalue weighted by atomic mass is 16.5. The predicted octanol–water partition coefficient (Wildman–Crippen LogP) is 2.48. The van der Waals surface area contributed by atoms with Gasteiger partial charge in [0.05, 0.1) is 11.6 Å². The van der Waals surface area contributed by atoms with Crippen molar-refractivity contribution in [2.75, 3.05) is 19.7 Å². The number of hydrogen-bond acceptors (Lipinski definition) is 3. The average molecular weight is 326 g/mol. The van der Waals surface area contributed by atoms with Gasteiger partial charge in [-0.2, -0.15) is 0 Å². The summed E-state index contributed by atoms with van der Waals surface area (Å²) in [7, 11) is 0. The van der Waals surface area contributed by atoms with Gasteiger partial charge in [0.15, 0.2) is 0 Å². The molecule has 0 spiro atoms. The Bertz CT molecular complexity index is 842. The highest BCUT2D eigenvalue weighted by molar-refractivity contribution is 5.97. The van der Waals surface area contributed by atoms with Crippen molar-refractivity contribution in [2.24, 2.45) is 5.92 Å². The fourth-order valence-electron chi connectivity index (χ4n) is 4.00. The number of carbonyl (C=O) groups excluding carboxylic acids is 1. The molecule has 2 atom stereocenters. The van der Waals surface area contributed by atoms with Crippen LogP contribution in [-0.4, -0.2) is 41.6 Å². The Morgan fingerprint density at radius 3 is 3.08 bits per heavy atom. The second-order valence-electron chi connectivity index (χ2n) is 6.88. The van der Waals surface area contributed by atoms with E-state index in [1.807, 2.05) is 24.0 Å². The highest BCUT2D eigenvalue weighted by Crippen LogP contribution is 2.28. The minimum absolute atomic E-state index is 0.163. The van der Waals surface area contributed by atoms with E-state index in [4.69, 9.17) is 4.74 Å². The number of hydrogen-bond donors (Lipinski definition) is 1. The number of H-pyrrole nitrogens is 1. The molecule has 0 bridgehead atoms. The molecule has 1 N–H and O–H groups in total. The molecule has 24 heavy (non-hydrogen) atoms. The maximum Gasteiger partial charge on any atom is 0.259 e. The van der Waals surface area contributed by atoms with Crippen molar-refractivity contribution in [2.45, 2.75) is 32.3 Å². The van der Waals surface area contributed by atoms with Crippen LogP contribution in [0.5, 0.6) is 0 Å². The first kappa shape index (κ1) is 15.4. The largest absolute Gasteiger partial charge is 0.378 e. The number of fused-ring (bicyclic) bond motifs is 2. The second-order valence-corrected chi connectivity index (χ2v) is 6.88. The molecule has 2 aliphatic rings. The molecule has 2 aliphatic heterocycles. The molecule has 3 heterocycles. The summed E-state index contributed by atoms with van der Waals surface area (Å²) in [6.07, 6.45) is 4.87. The minimum atomic E-state index is -0.181. The molecule has 4 rings (SSSR count). The maximum atomic E-state index is 12.9. The molecule has 2 fully saturated rings. The molecule has 2 aromatic rings. The third-order valence-corrected chi connectivity index (χ3v) is 5.36. The highest BCUT2D eigenvalue weighted by Gasteiger charge is 2.34. The van der Waals surface area contributed by atoms with Crippen molar-refractivity contribution in [1.29, 1.82) is 0 Å². The molecule has 1 amide bonds. The van der Waals surface area contributed by atoms with Gasteiger partial charge in [0.1, 0.15) is 5.56 Å². The summed E-state index contributed by atoms with van der Waals surface area (Å²) in [6.45, 7) is 4.13. The van der Waals surface area contributed by atoms with Gasteiger partial charge in [-0.1, -0.05) is 12.1 Å². The van der Waals surface area contributed by atoms with Gasteiger partial charge >= 0.3 is 0 Å². The molecular formula is C19H22N2O3. The van der Waals surface area contributed by atoms with Gasteiger partial charge in [-0.05, 0) is 37.8 Å². The van der Waals surface area contributed by atoms with Crippen molar-refractivity contribution < 1.29 is 9.53 Å². The van der Waals surface area contributed by atoms with Crippen molar-refractivity contribution in [1.82, 2.24) is 9.88 Å². The fourth-order valence-corrected chi connectivity index (χ4v) is 4.00. The molecule has 0 unspecified atom stereocenters. The van der Waals surface area contributed by atoms with E-state index < -0.39 is 0 Å². The van der Waals surface area contributed by atoms with E-state index >= 15 is 0 Å². The fraction of sp³-hybridized carbons (Fsp3) is 0.474. The SMILES string of the molecule is Cc1cccc2c(=O)c(C(=O)N3CC[C@@H]4OCCC[C@@H]4C3)c[nH]c12. The van der Waals surface area contributed by atoms with Gasteiger partial charge < -0.3 is 14.6 Å². The number of ether oxygens (including phenoxy) is 1. The summed E-state index contributed by atoms with van der Waals surface area (Å²) in [6, 6.07) is 5.58. The Morgan fingerprint density at radius 2 is 2.21 bits per heavy atom. The van der Waals surface area contributed by atoms with Crippen LogP contribution in [0.2, 0.25) is 0 Å². The van der Waals surface area contributed by atoms with Crippen LogP contribution in [-0.2, 0) is 4.74 Å². The number of likely N-dealkylation sites (tertiary alicyclic amines) is 1. The third-order valence-electron chi connectivity index (χ3n) is 5.36. The quantitative estimate of drug-likeness (QED) is 0.876. The van der Waals surface area contributed by atoms with Gasteiger partial charge in [0.25, 0.3) is 5.91 Å². The van der Waals surface area contributed by atoms with Gasteiger partial charge in [-0.25, -0.2) is 0 Å². The summed E-state index contributed by atoms with van der Waals surface area (Å²) in [5.41, 5.74) is 1.87. The van der Waals surface area contributed by atoms with Crippen LogP contribution in [0.4, 0.5) is 0 Å². The van der Waals surface area contributed by atoms with Crippen LogP contribution < -0.4 is 5.43 Å². The molecule has 0 aliphatic carbocycles. The smallest absolute Gasteiger partial charge is 0.259 e. The Hall–Kier alpha value is -2.14. The Kier molecular flexibility index (Phi) is 3.88. The summed E-state index contributed by atoms with van der Waals surface area (Å²) < 4.78 is 5.80. The number of rotatable bonds is 1. The molecule has 1 aromatic carbocycles. The Balaban J connectivity index is 1.64. The van der Waals surface area contributed by atoms with E-state index in [1.165, 1.54) is 0 Å². The number of aromatic nitrogens is 1. The Morgan fingerprint density at radius 1 is 1.33 bits per heavy atom. The van der Waals surface area contributed by atoms with E-state index in [0.29, 0.717) is 24.4 Å². The van der Waals surface area contributed by atoms with E-state index in [0.717, 1.165) is 36.9 Å². The van der Waals surface area contributed by atoms with Crippen molar-refractivity contribution in [3.63, 3.8) is 0 Å². The lowest BCUT2D eigenvalue weighted by atomic mass is 9.88. The number of carbonyl (C=O) groups is 1. The van der Waals surface area contributed by atoms with Crippen LogP contribution in [0.1, 0.15) is 35.2 Å². The molecular weight excluding hydrogens is 304 g/mol. The number of piperidine rings is 1. The van der Waals surface area contributed by atoms with Crippen LogP contribution in [0.25, 0.3) is 10.9 Å². The van der Waals surface area contributed by atoms with E-state index in [-0.39, 0.29) is 23.0 Å². The van der Waals surface area contributed by atoms with Crippen LogP contribution in [0.15, 0.2) is 29.2 Å². The monoisotopic (exact) mass is 326 g/mol. The summed E-state index contributed by atoms with van der Waals surface area (Å²) in [5, 5.41) is 0.580. The number of nitrogens with zero attached hydrogens (tertiary/aromatic N) is 1. The first-order chi connectivity index (χ1) is 11.6. The van der Waals surface area contributed by atoms with Crippen LogP contribution in [0.3, 0.4) is 0 Å². The van der Waals surface area contributed by atoms with Crippen molar-refractivity contribution in [3.8, 4) is 0 Å². The number of nitrogens with one attached hydrogen (secondary N) is 1. The third kappa shape index (κ3) is 2.53. The molecule has 0 saturated carbocycles. The van der Waals surface area contributed by atoms with Gasteiger partial charge in [-0.15, -0.1) is 0 Å². The normalized spacial score (nSPS) is 24.0. The zero-order valence-electron chi connectivity index (χ0n) is 13.9. The number of benzene rings is 1. The molecule has 0 radical (unpaired) electrons. The molecule has 5 heteroatoms. The van der Waals surface area contributed by atoms with Crippen molar-refractivity contribution >= 4 is 16.8 Å². The Labute approximate surface area is 140 Å². The lowest BCUT2D eigenvalue weighted by Crippen LogP contribution is -2.49. The number of pyridine rings is 1. The van der Waals surface area contributed by atoms with Crippen LogP contribution >= 0.6 is 0 Å². The zero-order chi connectivity index (χ0) is 16.7. The number of para-hydroxylation sites is 1. The zero-order valence-corrected chi connectivity index (χ0v) is 13.9.